The molecule has 0 fully saturated rings. The molecule has 0 aliphatic heterocycles. The van der Waals surface area contributed by atoms with Crippen molar-refractivity contribution in [3.05, 3.63) is 0 Å². The number of nitrogens with zero attached hydrogens (tertiary/aromatic N) is 2. The van der Waals surface area contributed by atoms with E-state index in [9.17, 15) is 61.5 Å². The van der Waals surface area contributed by atoms with Gasteiger partial charge in [0.15, 0.2) is 0 Å². The van der Waals surface area contributed by atoms with E-state index in [4.69, 9.17) is 9.66 Å². The fourth-order valence-corrected chi connectivity index (χ4v) is 4.69. The van der Waals surface area contributed by atoms with E-state index in [1.807, 2.05) is 0 Å². The first-order chi connectivity index (χ1) is 14.8. The Balaban J connectivity index is 6.29. The number of aliphatic hydroxyl groups excluding tert-OH is 2. The van der Waals surface area contributed by atoms with Gasteiger partial charge >= 0.3 is 23.3 Å². The largest absolute Gasteiger partial charge is 0.460 e. The molecule has 34 heavy (non-hydrogen) atoms. The van der Waals surface area contributed by atoms with Gasteiger partial charge in [-0.1, -0.05) is 0 Å². The molecule has 0 saturated carbocycles. The van der Waals surface area contributed by atoms with Crippen LogP contribution in [0.5, 0.6) is 0 Å². The Labute approximate surface area is 189 Å². The Morgan fingerprint density at radius 3 is 1.74 bits per heavy atom. The minimum atomic E-state index is -7.52. The number of halogens is 9. The van der Waals surface area contributed by atoms with E-state index in [0.717, 1.165) is 0 Å². The van der Waals surface area contributed by atoms with Crippen LogP contribution < -0.4 is 0 Å². The summed E-state index contributed by atoms with van der Waals surface area (Å²) in [6.45, 7) is -3.61. The summed E-state index contributed by atoms with van der Waals surface area (Å²) < 4.78 is 173. The van der Waals surface area contributed by atoms with Crippen LogP contribution in [0.4, 0.5) is 39.5 Å². The maximum atomic E-state index is 14.2. The first-order valence-electron chi connectivity index (χ1n) is 9.03. The molecule has 0 radical (unpaired) electrons. The molecular weight excluding hydrogens is 543 g/mol. The minimum absolute atomic E-state index is 0.0180. The molecule has 0 rings (SSSR count). The number of likely N-dealkylation sites (N-methyl/N-ethyl adjacent to an activating group) is 1. The van der Waals surface area contributed by atoms with Crippen LogP contribution in [0.1, 0.15) is 6.42 Å². The standard InChI is InChI=1S/C14H23F9N2O7S2/c1-25(2,6-7-26)5-3-4-24(8-10(27)9-33(28,29)30)34(31,32)14(22,23)12(17,18)11(15,16)13(19,20)21/h10,26-27H,3-9H2,1-2H3/p+1. The fourth-order valence-electron chi connectivity index (χ4n) is 2.58. The van der Waals surface area contributed by atoms with Crippen molar-refractivity contribution < 1.29 is 75.6 Å². The smallest absolute Gasteiger partial charge is 0.391 e. The van der Waals surface area contributed by atoms with Gasteiger partial charge < -0.3 is 14.7 Å². The Morgan fingerprint density at radius 1 is 0.882 bits per heavy atom. The lowest BCUT2D eigenvalue weighted by molar-refractivity contribution is -0.890. The van der Waals surface area contributed by atoms with Gasteiger partial charge in [-0.05, 0) is 0 Å². The van der Waals surface area contributed by atoms with Crippen molar-refractivity contribution >= 4 is 20.1 Å². The average Bonchev–Trinajstić information content (AvgIpc) is 2.57. The summed E-state index contributed by atoms with van der Waals surface area (Å²) in [7, 11) is -9.31. The first-order valence-corrected chi connectivity index (χ1v) is 12.1. The normalized spacial score (nSPS) is 16.2. The van der Waals surface area contributed by atoms with Gasteiger partial charge in [-0.25, -0.2) is 8.42 Å². The second-order valence-electron chi connectivity index (χ2n) is 7.89. The summed E-state index contributed by atoms with van der Waals surface area (Å²) in [6.07, 6.45) is -10.4. The third-order valence-electron chi connectivity index (χ3n) is 4.47. The molecule has 0 aliphatic rings. The lowest BCUT2D eigenvalue weighted by Gasteiger charge is -2.36. The van der Waals surface area contributed by atoms with Crippen LogP contribution in [-0.4, -0.2) is 122 Å². The number of quaternary nitrogens is 1. The molecule has 0 saturated heterocycles. The lowest BCUT2D eigenvalue weighted by Crippen LogP contribution is -2.65. The van der Waals surface area contributed by atoms with E-state index in [2.05, 4.69) is 0 Å². The van der Waals surface area contributed by atoms with Crippen molar-refractivity contribution in [3.8, 4) is 0 Å². The third-order valence-corrected chi connectivity index (χ3v) is 7.20. The molecule has 206 valence electrons. The zero-order valence-corrected chi connectivity index (χ0v) is 19.2. The minimum Gasteiger partial charge on any atom is -0.391 e. The van der Waals surface area contributed by atoms with Gasteiger partial charge in [-0.15, -0.1) is 0 Å². The van der Waals surface area contributed by atoms with E-state index in [0.29, 0.717) is 0 Å². The maximum Gasteiger partial charge on any atom is 0.460 e. The molecule has 1 atom stereocenters. The summed E-state index contributed by atoms with van der Waals surface area (Å²) in [4.78, 5) is 0. The highest BCUT2D eigenvalue weighted by atomic mass is 32.2. The molecule has 0 amide bonds. The molecule has 0 bridgehead atoms. The van der Waals surface area contributed by atoms with Gasteiger partial charge in [0.25, 0.3) is 20.1 Å². The number of hydrogen-bond acceptors (Lipinski definition) is 6. The number of aliphatic hydroxyl groups is 2. The summed E-state index contributed by atoms with van der Waals surface area (Å²) in [5, 5.41) is 11.4. The van der Waals surface area contributed by atoms with E-state index in [1.165, 1.54) is 14.1 Å². The van der Waals surface area contributed by atoms with Crippen molar-refractivity contribution in [3.63, 3.8) is 0 Å². The van der Waals surface area contributed by atoms with Gasteiger partial charge in [0.2, 0.25) is 0 Å². The van der Waals surface area contributed by atoms with Crippen LogP contribution in [0, 0.1) is 0 Å². The van der Waals surface area contributed by atoms with Crippen LogP contribution in [0.15, 0.2) is 0 Å². The van der Waals surface area contributed by atoms with Crippen LogP contribution in [0.3, 0.4) is 0 Å². The molecule has 1 unspecified atom stereocenters. The quantitative estimate of drug-likeness (QED) is 0.160. The zero-order chi connectivity index (χ0) is 27.6. The predicted molar refractivity (Wildman–Crippen MR) is 97.4 cm³/mol. The van der Waals surface area contributed by atoms with Gasteiger partial charge in [-0.3, -0.25) is 4.55 Å². The second-order valence-corrected chi connectivity index (χ2v) is 11.4. The highest BCUT2D eigenvalue weighted by Gasteiger charge is 2.85. The van der Waals surface area contributed by atoms with E-state index >= 15 is 0 Å². The SMILES string of the molecule is C[N+](C)(CCO)CCCN(CC(O)CS(=O)(=O)O)S(=O)(=O)C(F)(F)C(F)(F)C(F)(F)C(F)(F)F. The molecule has 3 N–H and O–H groups in total. The zero-order valence-electron chi connectivity index (χ0n) is 17.6. The molecule has 0 aromatic carbocycles. The van der Waals surface area contributed by atoms with Crippen LogP contribution in [-0.2, 0) is 20.1 Å². The van der Waals surface area contributed by atoms with Crippen molar-refractivity contribution in [2.24, 2.45) is 0 Å². The molecule has 20 heteroatoms. The summed E-state index contributed by atoms with van der Waals surface area (Å²) in [5.41, 5.74) is 0. The summed E-state index contributed by atoms with van der Waals surface area (Å²) in [6, 6.07) is 0. The van der Waals surface area contributed by atoms with Crippen LogP contribution >= 0.6 is 0 Å². The summed E-state index contributed by atoms with van der Waals surface area (Å²) >= 11 is 0. The Kier molecular flexibility index (Phi) is 10.3. The molecule has 0 heterocycles. The molecule has 0 aliphatic carbocycles. The highest BCUT2D eigenvalue weighted by molar-refractivity contribution is 7.90. The van der Waals surface area contributed by atoms with Crippen molar-refractivity contribution in [1.82, 2.24) is 4.31 Å². The van der Waals surface area contributed by atoms with E-state index in [-0.39, 0.29) is 17.6 Å². The van der Waals surface area contributed by atoms with Gasteiger partial charge in [0.05, 0.1) is 33.4 Å². The molecule has 0 aromatic rings. The topological polar surface area (TPSA) is 132 Å². The first kappa shape index (κ1) is 33.1. The van der Waals surface area contributed by atoms with Crippen molar-refractivity contribution in [2.75, 3.05) is 52.6 Å². The predicted octanol–water partition coefficient (Wildman–Crippen LogP) is 0.751. The monoisotopic (exact) mass is 567 g/mol. The van der Waals surface area contributed by atoms with Crippen molar-refractivity contribution in [2.45, 2.75) is 35.8 Å². The van der Waals surface area contributed by atoms with Crippen molar-refractivity contribution in [1.29, 1.82) is 0 Å². The van der Waals surface area contributed by atoms with E-state index in [1.54, 1.807) is 0 Å². The third kappa shape index (κ3) is 7.53. The van der Waals surface area contributed by atoms with Gasteiger partial charge in [0.1, 0.15) is 12.3 Å². The highest BCUT2D eigenvalue weighted by Crippen LogP contribution is 2.55. The fraction of sp³-hybridized carbons (Fsp3) is 1.00. The number of hydrogen-bond donors (Lipinski definition) is 3. The average molecular weight is 567 g/mol. The molecule has 0 aromatic heterocycles. The second kappa shape index (κ2) is 10.6. The Bertz CT molecular complexity index is 894. The lowest BCUT2D eigenvalue weighted by atomic mass is 10.1. The molecular formula is C14H24F9N2O7S2+. The van der Waals surface area contributed by atoms with Gasteiger partial charge in [0, 0.05) is 19.5 Å². The van der Waals surface area contributed by atoms with Crippen LogP contribution in [0.2, 0.25) is 0 Å². The number of sulfonamides is 1. The maximum absolute atomic E-state index is 14.2. The Morgan fingerprint density at radius 2 is 1.35 bits per heavy atom. The van der Waals surface area contributed by atoms with Crippen LogP contribution in [0.25, 0.3) is 0 Å². The van der Waals surface area contributed by atoms with E-state index < -0.39 is 85.7 Å². The number of alkyl halides is 9. The van der Waals surface area contributed by atoms with Gasteiger partial charge in [-0.2, -0.15) is 52.2 Å². The number of rotatable bonds is 14. The molecule has 9 nitrogen and oxygen atoms in total. The Hall–Kier alpha value is -0.930. The summed E-state index contributed by atoms with van der Waals surface area (Å²) in [5.74, 6) is -16.7. The molecule has 0 spiro atoms.